The number of carbonyl (C=O) groups is 1. The van der Waals surface area contributed by atoms with E-state index in [0.29, 0.717) is 0 Å². The van der Waals surface area contributed by atoms with Gasteiger partial charge in [-0.3, -0.25) is 10.2 Å². The maximum Gasteiger partial charge on any atom is 0.305 e. The molecule has 0 fully saturated rings. The van der Waals surface area contributed by atoms with Crippen molar-refractivity contribution in [1.29, 1.82) is 0 Å². The fourth-order valence-corrected chi connectivity index (χ4v) is 0.817. The molecule has 0 aromatic carbocycles. The number of aromatic nitrogens is 3. The molecule has 0 amide bonds. The van der Waals surface area contributed by atoms with Crippen LogP contribution in [0, 0.1) is 0 Å². The van der Waals surface area contributed by atoms with Gasteiger partial charge in [0.15, 0.2) is 0 Å². The van der Waals surface area contributed by atoms with Gasteiger partial charge in [-0.2, -0.15) is 15.0 Å². The molecule has 0 saturated carbocycles. The number of nitrogens with one attached hydrogen (secondary N) is 2. The van der Waals surface area contributed by atoms with E-state index >= 15 is 0 Å². The van der Waals surface area contributed by atoms with Crippen molar-refractivity contribution in [3.63, 3.8) is 0 Å². The average molecular weight is 213 g/mol. The Morgan fingerprint density at radius 3 is 2.60 bits per heavy atom. The zero-order chi connectivity index (χ0) is 11.3. The lowest BCUT2D eigenvalue weighted by Crippen LogP contribution is -2.16. The SMILES string of the molecule is NNc1nc(N)nc(NCCC(=O)O)n1. The summed E-state index contributed by atoms with van der Waals surface area (Å²) in [7, 11) is 0. The zero-order valence-corrected chi connectivity index (χ0v) is 7.77. The van der Waals surface area contributed by atoms with Gasteiger partial charge in [-0.1, -0.05) is 0 Å². The number of carboxylic acid groups (broad SMARTS) is 1. The van der Waals surface area contributed by atoms with Crippen LogP contribution in [-0.2, 0) is 4.79 Å². The van der Waals surface area contributed by atoms with E-state index in [1.165, 1.54) is 0 Å². The highest BCUT2D eigenvalue weighted by atomic mass is 16.4. The van der Waals surface area contributed by atoms with E-state index < -0.39 is 5.97 Å². The van der Waals surface area contributed by atoms with Crippen molar-refractivity contribution in [2.45, 2.75) is 6.42 Å². The number of nitrogen functional groups attached to an aromatic ring is 2. The lowest BCUT2D eigenvalue weighted by Gasteiger charge is -2.05. The number of nitrogens with two attached hydrogens (primary N) is 2. The van der Waals surface area contributed by atoms with Crippen LogP contribution in [0.5, 0.6) is 0 Å². The highest BCUT2D eigenvalue weighted by molar-refractivity contribution is 5.67. The molecule has 7 N–H and O–H groups in total. The molecule has 15 heavy (non-hydrogen) atoms. The minimum atomic E-state index is -0.915. The van der Waals surface area contributed by atoms with Crippen LogP contribution in [0.3, 0.4) is 0 Å². The number of rotatable bonds is 5. The summed E-state index contributed by atoms with van der Waals surface area (Å²) in [6.07, 6.45) is -0.0447. The third kappa shape index (κ3) is 3.60. The second-order valence-corrected chi connectivity index (χ2v) is 2.56. The van der Waals surface area contributed by atoms with Crippen molar-refractivity contribution in [3.05, 3.63) is 0 Å². The van der Waals surface area contributed by atoms with Gasteiger partial charge in [0.2, 0.25) is 17.8 Å². The Labute approximate surface area is 84.9 Å². The van der Waals surface area contributed by atoms with E-state index in [0.717, 1.165) is 0 Å². The van der Waals surface area contributed by atoms with Crippen molar-refractivity contribution in [1.82, 2.24) is 15.0 Å². The molecule has 82 valence electrons. The number of hydrazine groups is 1. The molecule has 1 aromatic heterocycles. The molecule has 1 aromatic rings. The van der Waals surface area contributed by atoms with E-state index in [1.54, 1.807) is 0 Å². The molecule has 0 saturated heterocycles. The standard InChI is InChI=1S/C6H11N7O2/c7-4-10-5(9-2-1-3(14)15)12-6(11-4)13-8/h1-2,8H2,(H,14,15)(H4,7,9,10,11,12,13). The monoisotopic (exact) mass is 213 g/mol. The molecule has 1 rings (SSSR count). The van der Waals surface area contributed by atoms with Crippen molar-refractivity contribution < 1.29 is 9.90 Å². The van der Waals surface area contributed by atoms with Crippen LogP contribution in [0.1, 0.15) is 6.42 Å². The van der Waals surface area contributed by atoms with E-state index in [4.69, 9.17) is 16.7 Å². The molecular formula is C6H11N7O2. The number of aliphatic carboxylic acids is 1. The van der Waals surface area contributed by atoms with Crippen molar-refractivity contribution in [3.8, 4) is 0 Å². The molecule has 0 bridgehead atoms. The van der Waals surface area contributed by atoms with Crippen LogP contribution in [0.15, 0.2) is 0 Å². The van der Waals surface area contributed by atoms with Crippen LogP contribution in [0.4, 0.5) is 17.8 Å². The maximum atomic E-state index is 10.2. The summed E-state index contributed by atoms with van der Waals surface area (Å²) in [4.78, 5) is 21.4. The second-order valence-electron chi connectivity index (χ2n) is 2.56. The van der Waals surface area contributed by atoms with E-state index in [9.17, 15) is 4.79 Å². The number of anilines is 3. The summed E-state index contributed by atoms with van der Waals surface area (Å²) in [6, 6.07) is 0. The van der Waals surface area contributed by atoms with Crippen LogP contribution >= 0.6 is 0 Å². The predicted molar refractivity (Wildman–Crippen MR) is 52.8 cm³/mol. The first-order chi connectivity index (χ1) is 7.11. The van der Waals surface area contributed by atoms with Gasteiger partial charge in [0, 0.05) is 6.54 Å². The Morgan fingerprint density at radius 2 is 2.00 bits per heavy atom. The van der Waals surface area contributed by atoms with Gasteiger partial charge in [0.1, 0.15) is 0 Å². The summed E-state index contributed by atoms with van der Waals surface area (Å²) in [5.74, 6) is 4.45. The van der Waals surface area contributed by atoms with Crippen LogP contribution in [0.25, 0.3) is 0 Å². The molecule has 9 heteroatoms. The first-order valence-electron chi connectivity index (χ1n) is 4.05. The van der Waals surface area contributed by atoms with E-state index in [1.807, 2.05) is 0 Å². The third-order valence-corrected chi connectivity index (χ3v) is 1.40. The van der Waals surface area contributed by atoms with Gasteiger partial charge in [0.05, 0.1) is 6.42 Å². The number of carboxylic acids is 1. The lowest BCUT2D eigenvalue weighted by molar-refractivity contribution is -0.136. The van der Waals surface area contributed by atoms with E-state index in [2.05, 4.69) is 25.7 Å². The largest absolute Gasteiger partial charge is 0.481 e. The van der Waals surface area contributed by atoms with Crippen molar-refractivity contribution in [2.75, 3.05) is 23.0 Å². The predicted octanol–water partition coefficient (Wildman–Crippen LogP) is -1.37. The summed E-state index contributed by atoms with van der Waals surface area (Å²) < 4.78 is 0. The van der Waals surface area contributed by atoms with Gasteiger partial charge >= 0.3 is 5.97 Å². The zero-order valence-electron chi connectivity index (χ0n) is 7.77. The van der Waals surface area contributed by atoms with Crippen LogP contribution in [-0.4, -0.2) is 32.6 Å². The van der Waals surface area contributed by atoms with E-state index in [-0.39, 0.29) is 30.8 Å². The maximum absolute atomic E-state index is 10.2. The molecule has 1 heterocycles. The lowest BCUT2D eigenvalue weighted by atomic mass is 10.4. The molecule has 0 unspecified atom stereocenters. The quantitative estimate of drug-likeness (QED) is 0.294. The molecular weight excluding hydrogens is 202 g/mol. The van der Waals surface area contributed by atoms with Crippen LogP contribution < -0.4 is 22.3 Å². The Hall–Kier alpha value is -2.16. The smallest absolute Gasteiger partial charge is 0.305 e. The summed E-state index contributed by atoms with van der Waals surface area (Å²) >= 11 is 0. The van der Waals surface area contributed by atoms with Crippen LogP contribution in [0.2, 0.25) is 0 Å². The molecule has 0 aliphatic rings. The van der Waals surface area contributed by atoms with Gasteiger partial charge in [-0.15, -0.1) is 0 Å². The fourth-order valence-electron chi connectivity index (χ4n) is 0.817. The molecule has 0 atom stereocenters. The number of nitrogens with zero attached hydrogens (tertiary/aromatic N) is 3. The minimum absolute atomic E-state index is 0.00391. The minimum Gasteiger partial charge on any atom is -0.481 e. The Bertz CT molecular complexity index is 355. The normalized spacial score (nSPS) is 9.67. The Balaban J connectivity index is 2.60. The Kier molecular flexibility index (Phi) is 3.57. The second kappa shape index (κ2) is 4.91. The molecule has 9 nitrogen and oxygen atoms in total. The first-order valence-corrected chi connectivity index (χ1v) is 4.05. The first kappa shape index (κ1) is 10.9. The number of hydrogen-bond acceptors (Lipinski definition) is 8. The third-order valence-electron chi connectivity index (χ3n) is 1.40. The molecule has 0 aliphatic carbocycles. The molecule has 0 radical (unpaired) electrons. The highest BCUT2D eigenvalue weighted by Gasteiger charge is 2.03. The van der Waals surface area contributed by atoms with Gasteiger partial charge in [-0.05, 0) is 0 Å². The number of hydrogen-bond donors (Lipinski definition) is 5. The molecule has 0 aliphatic heterocycles. The fraction of sp³-hybridized carbons (Fsp3) is 0.333. The van der Waals surface area contributed by atoms with Gasteiger partial charge < -0.3 is 16.2 Å². The van der Waals surface area contributed by atoms with Gasteiger partial charge in [-0.25, -0.2) is 5.84 Å². The van der Waals surface area contributed by atoms with Crippen molar-refractivity contribution in [2.24, 2.45) is 5.84 Å². The Morgan fingerprint density at radius 1 is 1.33 bits per heavy atom. The van der Waals surface area contributed by atoms with Gasteiger partial charge in [0.25, 0.3) is 0 Å². The average Bonchev–Trinajstić information content (AvgIpc) is 2.16. The summed E-state index contributed by atoms with van der Waals surface area (Å²) in [6.45, 7) is 0.197. The molecule has 0 spiro atoms. The summed E-state index contributed by atoms with van der Waals surface area (Å²) in [5.41, 5.74) is 7.56. The summed E-state index contributed by atoms with van der Waals surface area (Å²) in [5, 5.41) is 11.1. The highest BCUT2D eigenvalue weighted by Crippen LogP contribution is 2.04. The topological polar surface area (TPSA) is 152 Å². The van der Waals surface area contributed by atoms with Crippen molar-refractivity contribution >= 4 is 23.8 Å².